The maximum atomic E-state index is 12.1. The predicted octanol–water partition coefficient (Wildman–Crippen LogP) is -0.262. The number of hydrogen-bond donors (Lipinski definition) is 4. The number of benzene rings is 1. The number of aliphatic carboxylic acids is 1. The Hall–Kier alpha value is -2.41. The van der Waals surface area contributed by atoms with Gasteiger partial charge in [0.15, 0.2) is 0 Å². The molecule has 7 nitrogen and oxygen atoms in total. The molecule has 21 heavy (non-hydrogen) atoms. The fourth-order valence-corrected chi connectivity index (χ4v) is 2.22. The molecule has 2 rings (SSSR count). The molecule has 0 saturated heterocycles. The average Bonchev–Trinajstić information content (AvgIpc) is 2.89. The number of rotatable bonds is 6. The smallest absolute Gasteiger partial charge is 0.326 e. The second-order valence-electron chi connectivity index (χ2n) is 4.96. The van der Waals surface area contributed by atoms with Crippen molar-refractivity contribution in [3.8, 4) is 0 Å². The summed E-state index contributed by atoms with van der Waals surface area (Å²) in [5.41, 5.74) is 7.57. The lowest BCUT2D eigenvalue weighted by atomic mass is 10.1. The van der Waals surface area contributed by atoms with Gasteiger partial charge in [-0.05, 0) is 29.7 Å². The molecule has 0 spiro atoms. The zero-order valence-electron chi connectivity index (χ0n) is 11.4. The fraction of sp³-hybridized carbons (Fsp3) is 0.357. The summed E-state index contributed by atoms with van der Waals surface area (Å²) in [5.74, 6) is -2.26. The molecule has 112 valence electrons. The first-order valence-electron chi connectivity index (χ1n) is 6.62. The Morgan fingerprint density at radius 2 is 2.00 bits per heavy atom. The molecule has 5 N–H and O–H groups in total. The highest BCUT2D eigenvalue weighted by atomic mass is 16.4. The summed E-state index contributed by atoms with van der Waals surface area (Å²) in [4.78, 5) is 33.9. The minimum absolute atomic E-state index is 0.0249. The second kappa shape index (κ2) is 6.36. The van der Waals surface area contributed by atoms with Gasteiger partial charge in [-0.3, -0.25) is 9.59 Å². The van der Waals surface area contributed by atoms with Crippen molar-refractivity contribution in [1.82, 2.24) is 10.6 Å². The molecule has 1 aromatic carbocycles. The molecule has 0 unspecified atom stereocenters. The molecule has 1 heterocycles. The molecule has 1 atom stereocenters. The SMILES string of the molecule is NC(=O)CC[C@@H](NC(=O)c1ccc2c(c1)CNC2)C(=O)O. The van der Waals surface area contributed by atoms with E-state index < -0.39 is 23.8 Å². The molecule has 0 saturated carbocycles. The summed E-state index contributed by atoms with van der Waals surface area (Å²) in [6.07, 6.45) is -0.117. The van der Waals surface area contributed by atoms with Gasteiger partial charge in [0.25, 0.3) is 5.91 Å². The number of carboxylic acids is 1. The first-order valence-corrected chi connectivity index (χ1v) is 6.62. The van der Waals surface area contributed by atoms with E-state index >= 15 is 0 Å². The van der Waals surface area contributed by atoms with E-state index in [4.69, 9.17) is 10.8 Å². The highest BCUT2D eigenvalue weighted by molar-refractivity contribution is 5.97. The number of nitrogens with one attached hydrogen (secondary N) is 2. The number of carboxylic acid groups (broad SMARTS) is 1. The molecule has 0 aromatic heterocycles. The van der Waals surface area contributed by atoms with Gasteiger partial charge >= 0.3 is 5.97 Å². The van der Waals surface area contributed by atoms with E-state index in [0.717, 1.165) is 17.7 Å². The van der Waals surface area contributed by atoms with Crippen LogP contribution in [0.15, 0.2) is 18.2 Å². The zero-order chi connectivity index (χ0) is 15.4. The largest absolute Gasteiger partial charge is 0.480 e. The minimum atomic E-state index is -1.19. The molecule has 7 heteroatoms. The third-order valence-electron chi connectivity index (χ3n) is 3.38. The fourth-order valence-electron chi connectivity index (χ4n) is 2.22. The lowest BCUT2D eigenvalue weighted by Gasteiger charge is -2.14. The zero-order valence-corrected chi connectivity index (χ0v) is 11.4. The molecule has 0 aliphatic carbocycles. The van der Waals surface area contributed by atoms with Crippen LogP contribution in [0.4, 0.5) is 0 Å². The third kappa shape index (κ3) is 3.79. The molecule has 1 aromatic rings. The van der Waals surface area contributed by atoms with Gasteiger partial charge in [0.05, 0.1) is 0 Å². The summed E-state index contributed by atoms with van der Waals surface area (Å²) >= 11 is 0. The maximum absolute atomic E-state index is 12.1. The summed E-state index contributed by atoms with van der Waals surface area (Å²) in [7, 11) is 0. The van der Waals surface area contributed by atoms with Crippen LogP contribution in [-0.2, 0) is 22.7 Å². The Kier molecular flexibility index (Phi) is 4.54. The number of primary amides is 1. The van der Waals surface area contributed by atoms with Crippen LogP contribution in [0.5, 0.6) is 0 Å². The first kappa shape index (κ1) is 15.0. The molecule has 1 aliphatic rings. The van der Waals surface area contributed by atoms with Crippen LogP contribution in [0.2, 0.25) is 0 Å². The van der Waals surface area contributed by atoms with Crippen molar-refractivity contribution in [2.45, 2.75) is 32.0 Å². The van der Waals surface area contributed by atoms with Crippen molar-refractivity contribution in [2.24, 2.45) is 5.73 Å². The normalized spacial score (nSPS) is 14.3. The topological polar surface area (TPSA) is 122 Å². The van der Waals surface area contributed by atoms with Gasteiger partial charge in [0.1, 0.15) is 6.04 Å². The van der Waals surface area contributed by atoms with Crippen LogP contribution < -0.4 is 16.4 Å². The molecule has 0 fully saturated rings. The van der Waals surface area contributed by atoms with Gasteiger partial charge in [0.2, 0.25) is 5.91 Å². The summed E-state index contributed by atoms with van der Waals surface area (Å²) in [6, 6.07) is 4.13. The predicted molar refractivity (Wildman–Crippen MR) is 74.3 cm³/mol. The molecule has 2 amide bonds. The highest BCUT2D eigenvalue weighted by Gasteiger charge is 2.22. The van der Waals surface area contributed by atoms with Crippen molar-refractivity contribution in [3.63, 3.8) is 0 Å². The standard InChI is InChI=1S/C14H17N3O4/c15-12(18)4-3-11(14(20)21)17-13(19)8-1-2-9-6-16-7-10(9)5-8/h1-2,5,11,16H,3-4,6-7H2,(H2,15,18)(H,17,19)(H,20,21)/t11-/m1/s1. The van der Waals surface area contributed by atoms with Gasteiger partial charge < -0.3 is 21.5 Å². The van der Waals surface area contributed by atoms with Crippen LogP contribution >= 0.6 is 0 Å². The lowest BCUT2D eigenvalue weighted by Crippen LogP contribution is -2.41. The summed E-state index contributed by atoms with van der Waals surface area (Å²) in [6.45, 7) is 1.47. The average molecular weight is 291 g/mol. The van der Waals surface area contributed by atoms with E-state index in [1.807, 2.05) is 6.07 Å². The van der Waals surface area contributed by atoms with Crippen molar-refractivity contribution in [1.29, 1.82) is 0 Å². The Bertz CT molecular complexity index is 586. The Labute approximate surface area is 121 Å². The molecule has 1 aliphatic heterocycles. The second-order valence-corrected chi connectivity index (χ2v) is 4.96. The van der Waals surface area contributed by atoms with Crippen LogP contribution in [0, 0.1) is 0 Å². The van der Waals surface area contributed by atoms with Crippen LogP contribution in [-0.4, -0.2) is 28.9 Å². The van der Waals surface area contributed by atoms with Crippen molar-refractivity contribution >= 4 is 17.8 Å². The van der Waals surface area contributed by atoms with E-state index in [9.17, 15) is 14.4 Å². The maximum Gasteiger partial charge on any atom is 0.326 e. The number of fused-ring (bicyclic) bond motifs is 1. The third-order valence-corrected chi connectivity index (χ3v) is 3.38. The quantitative estimate of drug-likeness (QED) is 0.575. The Morgan fingerprint density at radius 1 is 1.29 bits per heavy atom. The van der Waals surface area contributed by atoms with Crippen molar-refractivity contribution < 1.29 is 19.5 Å². The highest BCUT2D eigenvalue weighted by Crippen LogP contribution is 2.17. The van der Waals surface area contributed by atoms with Gasteiger partial charge in [0, 0.05) is 25.1 Å². The number of nitrogens with two attached hydrogens (primary N) is 1. The van der Waals surface area contributed by atoms with Gasteiger partial charge in [-0.15, -0.1) is 0 Å². The van der Waals surface area contributed by atoms with Crippen molar-refractivity contribution in [3.05, 3.63) is 34.9 Å². The number of amides is 2. The summed E-state index contributed by atoms with van der Waals surface area (Å²) < 4.78 is 0. The molecule has 0 bridgehead atoms. The van der Waals surface area contributed by atoms with Gasteiger partial charge in [-0.2, -0.15) is 0 Å². The van der Waals surface area contributed by atoms with Crippen LogP contribution in [0.1, 0.15) is 34.3 Å². The number of carbonyl (C=O) groups excluding carboxylic acids is 2. The van der Waals surface area contributed by atoms with E-state index in [-0.39, 0.29) is 12.8 Å². The number of carbonyl (C=O) groups is 3. The van der Waals surface area contributed by atoms with E-state index in [1.54, 1.807) is 12.1 Å². The minimum Gasteiger partial charge on any atom is -0.480 e. The Morgan fingerprint density at radius 3 is 2.67 bits per heavy atom. The summed E-state index contributed by atoms with van der Waals surface area (Å²) in [5, 5.41) is 14.6. The van der Waals surface area contributed by atoms with E-state index in [0.29, 0.717) is 12.1 Å². The van der Waals surface area contributed by atoms with Crippen LogP contribution in [0.3, 0.4) is 0 Å². The van der Waals surface area contributed by atoms with E-state index in [1.165, 1.54) is 0 Å². The molecular weight excluding hydrogens is 274 g/mol. The lowest BCUT2D eigenvalue weighted by molar-refractivity contribution is -0.139. The number of hydrogen-bond acceptors (Lipinski definition) is 4. The van der Waals surface area contributed by atoms with Gasteiger partial charge in [-0.1, -0.05) is 6.07 Å². The molecule has 0 radical (unpaired) electrons. The first-order chi connectivity index (χ1) is 9.97. The van der Waals surface area contributed by atoms with Crippen molar-refractivity contribution in [2.75, 3.05) is 0 Å². The van der Waals surface area contributed by atoms with Crippen LogP contribution in [0.25, 0.3) is 0 Å². The molecular formula is C14H17N3O4. The van der Waals surface area contributed by atoms with Gasteiger partial charge in [-0.25, -0.2) is 4.79 Å². The Balaban J connectivity index is 2.04. The monoisotopic (exact) mass is 291 g/mol. The van der Waals surface area contributed by atoms with E-state index in [2.05, 4.69) is 10.6 Å².